The molecule has 1 heterocycles. The van der Waals surface area contributed by atoms with E-state index < -0.39 is 0 Å². The zero-order valence-electron chi connectivity index (χ0n) is 9.58. The number of carbonyl (C=O) groups is 1. The fraction of sp³-hybridized carbons (Fsp3) is 0.0769. The van der Waals surface area contributed by atoms with Crippen molar-refractivity contribution in [2.24, 2.45) is 0 Å². The molecule has 0 saturated carbocycles. The Morgan fingerprint density at radius 2 is 2.11 bits per heavy atom. The van der Waals surface area contributed by atoms with E-state index in [2.05, 4.69) is 26.2 Å². The Balaban J connectivity index is 2.21. The maximum atomic E-state index is 12.0. The van der Waals surface area contributed by atoms with Gasteiger partial charge in [0.15, 0.2) is 0 Å². The average molecular weight is 326 g/mol. The fourth-order valence-electron chi connectivity index (χ4n) is 1.41. The van der Waals surface area contributed by atoms with E-state index in [0.29, 0.717) is 20.7 Å². The third kappa shape index (κ3) is 3.09. The lowest BCUT2D eigenvalue weighted by molar-refractivity contribution is 0.102. The minimum atomic E-state index is -0.227. The highest BCUT2D eigenvalue weighted by atomic mass is 79.9. The van der Waals surface area contributed by atoms with Crippen LogP contribution in [0.15, 0.2) is 41.0 Å². The van der Waals surface area contributed by atoms with E-state index in [4.69, 9.17) is 11.6 Å². The summed E-state index contributed by atoms with van der Waals surface area (Å²) in [5.41, 5.74) is 2.04. The Morgan fingerprint density at radius 1 is 1.33 bits per heavy atom. The highest BCUT2D eigenvalue weighted by Crippen LogP contribution is 2.22. The fourth-order valence-corrected chi connectivity index (χ4v) is 2.01. The van der Waals surface area contributed by atoms with Gasteiger partial charge in [0.2, 0.25) is 0 Å². The van der Waals surface area contributed by atoms with Crippen molar-refractivity contribution in [3.8, 4) is 0 Å². The number of carbonyl (C=O) groups excluding carboxylic acids is 1. The number of pyridine rings is 1. The smallest absolute Gasteiger partial charge is 0.256 e. The van der Waals surface area contributed by atoms with Gasteiger partial charge in [-0.2, -0.15) is 0 Å². The topological polar surface area (TPSA) is 42.0 Å². The van der Waals surface area contributed by atoms with Gasteiger partial charge < -0.3 is 5.32 Å². The molecule has 0 aliphatic heterocycles. The summed E-state index contributed by atoms with van der Waals surface area (Å²) >= 11 is 9.19. The zero-order chi connectivity index (χ0) is 13.1. The van der Waals surface area contributed by atoms with E-state index in [9.17, 15) is 4.79 Å². The number of aromatic nitrogens is 1. The number of hydrogen-bond donors (Lipinski definition) is 1. The average Bonchev–Trinajstić information content (AvgIpc) is 2.35. The maximum Gasteiger partial charge on any atom is 0.256 e. The molecule has 18 heavy (non-hydrogen) atoms. The highest BCUT2D eigenvalue weighted by Gasteiger charge is 2.10. The molecule has 5 heteroatoms. The number of anilines is 1. The maximum absolute atomic E-state index is 12.0. The van der Waals surface area contributed by atoms with E-state index in [1.54, 1.807) is 30.5 Å². The zero-order valence-corrected chi connectivity index (χ0v) is 11.9. The lowest BCUT2D eigenvalue weighted by Gasteiger charge is -2.07. The Morgan fingerprint density at radius 3 is 2.78 bits per heavy atom. The van der Waals surface area contributed by atoms with Crippen LogP contribution in [0.3, 0.4) is 0 Å². The number of nitrogens with zero attached hydrogens (tertiary/aromatic N) is 1. The number of hydrogen-bond acceptors (Lipinski definition) is 2. The number of nitrogens with one attached hydrogen (secondary N) is 1. The van der Waals surface area contributed by atoms with Gasteiger partial charge in [-0.1, -0.05) is 11.6 Å². The summed E-state index contributed by atoms with van der Waals surface area (Å²) in [5, 5.41) is 3.28. The lowest BCUT2D eigenvalue weighted by atomic mass is 10.2. The first-order valence-electron chi connectivity index (χ1n) is 5.25. The minimum Gasteiger partial charge on any atom is -0.321 e. The first-order valence-corrected chi connectivity index (χ1v) is 6.42. The van der Waals surface area contributed by atoms with E-state index in [0.717, 1.165) is 5.69 Å². The molecule has 92 valence electrons. The van der Waals surface area contributed by atoms with Crippen LogP contribution < -0.4 is 5.32 Å². The van der Waals surface area contributed by atoms with Crippen molar-refractivity contribution in [3.63, 3.8) is 0 Å². The minimum absolute atomic E-state index is 0.227. The molecule has 0 fully saturated rings. The molecule has 0 aliphatic rings. The van der Waals surface area contributed by atoms with Crippen molar-refractivity contribution in [2.75, 3.05) is 5.32 Å². The molecule has 1 aromatic heterocycles. The van der Waals surface area contributed by atoms with E-state index in [-0.39, 0.29) is 5.91 Å². The van der Waals surface area contributed by atoms with Crippen LogP contribution in [-0.4, -0.2) is 10.9 Å². The predicted octanol–water partition coefficient (Wildman–Crippen LogP) is 4.06. The van der Waals surface area contributed by atoms with Crippen molar-refractivity contribution >= 4 is 39.1 Å². The Hall–Kier alpha value is -1.39. The highest BCUT2D eigenvalue weighted by molar-refractivity contribution is 9.10. The van der Waals surface area contributed by atoms with Crippen LogP contribution in [-0.2, 0) is 0 Å². The van der Waals surface area contributed by atoms with Crippen LogP contribution in [0.1, 0.15) is 16.1 Å². The second kappa shape index (κ2) is 5.50. The molecule has 0 atom stereocenters. The van der Waals surface area contributed by atoms with Gasteiger partial charge in [0.25, 0.3) is 5.91 Å². The van der Waals surface area contributed by atoms with Crippen molar-refractivity contribution in [3.05, 3.63) is 57.3 Å². The third-order valence-corrected chi connectivity index (χ3v) is 3.27. The van der Waals surface area contributed by atoms with Crippen molar-refractivity contribution in [2.45, 2.75) is 6.92 Å². The molecule has 0 spiro atoms. The van der Waals surface area contributed by atoms with Gasteiger partial charge in [-0.15, -0.1) is 0 Å². The van der Waals surface area contributed by atoms with Gasteiger partial charge in [-0.3, -0.25) is 9.78 Å². The monoisotopic (exact) mass is 324 g/mol. The number of benzene rings is 1. The second-order valence-electron chi connectivity index (χ2n) is 3.77. The van der Waals surface area contributed by atoms with Gasteiger partial charge in [-0.05, 0) is 53.2 Å². The lowest BCUT2D eigenvalue weighted by Crippen LogP contribution is -2.12. The predicted molar refractivity (Wildman–Crippen MR) is 76.1 cm³/mol. The van der Waals surface area contributed by atoms with Crippen LogP contribution in [0.5, 0.6) is 0 Å². The third-order valence-electron chi connectivity index (χ3n) is 2.34. The van der Waals surface area contributed by atoms with Gasteiger partial charge in [0.05, 0.1) is 17.4 Å². The molecule has 2 aromatic rings. The summed E-state index contributed by atoms with van der Waals surface area (Å²) < 4.78 is 0.699. The van der Waals surface area contributed by atoms with E-state index >= 15 is 0 Å². The van der Waals surface area contributed by atoms with Crippen molar-refractivity contribution in [1.29, 1.82) is 0 Å². The molecule has 0 aliphatic carbocycles. The number of aryl methyl sites for hydroxylation is 1. The van der Waals surface area contributed by atoms with Crippen molar-refractivity contribution < 1.29 is 4.79 Å². The molecule has 0 saturated heterocycles. The molecule has 1 amide bonds. The second-order valence-corrected chi connectivity index (χ2v) is 5.06. The Bertz CT molecular complexity index is 584. The van der Waals surface area contributed by atoms with E-state index in [1.165, 1.54) is 0 Å². The molecule has 0 unspecified atom stereocenters. The number of halogens is 2. The van der Waals surface area contributed by atoms with Gasteiger partial charge in [0, 0.05) is 15.2 Å². The quantitative estimate of drug-likeness (QED) is 0.905. The molecule has 3 nitrogen and oxygen atoms in total. The largest absolute Gasteiger partial charge is 0.321 e. The number of amides is 1. The van der Waals surface area contributed by atoms with E-state index in [1.807, 2.05) is 13.0 Å². The van der Waals surface area contributed by atoms with Crippen LogP contribution in [0.2, 0.25) is 5.02 Å². The van der Waals surface area contributed by atoms with Crippen LogP contribution in [0.4, 0.5) is 5.69 Å². The SMILES string of the molecule is Cc1ccc(NC(=O)c2cc(Cl)ccc2Br)cn1. The van der Waals surface area contributed by atoms with Crippen molar-refractivity contribution in [1.82, 2.24) is 4.98 Å². The summed E-state index contributed by atoms with van der Waals surface area (Å²) in [6.45, 7) is 1.89. The van der Waals surface area contributed by atoms with Gasteiger partial charge in [0.1, 0.15) is 0 Å². The Kier molecular flexibility index (Phi) is 3.99. The molecule has 1 N–H and O–H groups in total. The normalized spacial score (nSPS) is 10.2. The Labute approximate surface area is 118 Å². The summed E-state index contributed by atoms with van der Waals surface area (Å²) in [7, 11) is 0. The molecule has 0 radical (unpaired) electrons. The van der Waals surface area contributed by atoms with Gasteiger partial charge in [-0.25, -0.2) is 0 Å². The number of rotatable bonds is 2. The molecular weight excluding hydrogens is 316 g/mol. The molecule has 1 aromatic carbocycles. The molecular formula is C13H10BrClN2O. The molecule has 0 bridgehead atoms. The summed E-state index contributed by atoms with van der Waals surface area (Å²) in [5.74, 6) is -0.227. The summed E-state index contributed by atoms with van der Waals surface area (Å²) in [4.78, 5) is 16.2. The van der Waals surface area contributed by atoms with Crippen LogP contribution >= 0.6 is 27.5 Å². The molecule has 2 rings (SSSR count). The summed E-state index contributed by atoms with van der Waals surface area (Å²) in [6, 6.07) is 8.71. The first-order chi connectivity index (χ1) is 8.56. The van der Waals surface area contributed by atoms with Crippen LogP contribution in [0, 0.1) is 6.92 Å². The standard InChI is InChI=1S/C13H10BrClN2O/c1-8-2-4-10(7-16-8)17-13(18)11-6-9(15)3-5-12(11)14/h2-7H,1H3,(H,17,18). The van der Waals surface area contributed by atoms with Gasteiger partial charge >= 0.3 is 0 Å². The summed E-state index contributed by atoms with van der Waals surface area (Å²) in [6.07, 6.45) is 1.62. The van der Waals surface area contributed by atoms with Crippen LogP contribution in [0.25, 0.3) is 0 Å². The first kappa shape index (κ1) is 13.1.